The summed E-state index contributed by atoms with van der Waals surface area (Å²) in [5.41, 5.74) is 17.1. The Morgan fingerprint density at radius 3 is 1.77 bits per heavy atom. The van der Waals surface area contributed by atoms with Crippen molar-refractivity contribution >= 4 is 42.2 Å². The van der Waals surface area contributed by atoms with E-state index >= 15 is 0 Å². The average molecular weight is 572 g/mol. The molecule has 1 aromatic carbocycles. The predicted molar refractivity (Wildman–Crippen MR) is 143 cm³/mol. The molecule has 1 aromatic rings. The monoisotopic (exact) mass is 571 g/mol. The number of aliphatic hydroxyl groups is 1. The average Bonchev–Trinajstić information content (AvgIpc) is 2.90. The highest BCUT2D eigenvalue weighted by atomic mass is 32.1. The third-order valence-electron chi connectivity index (χ3n) is 5.52. The lowest BCUT2D eigenvalue weighted by atomic mass is 10.1. The van der Waals surface area contributed by atoms with Gasteiger partial charge < -0.3 is 53.8 Å². The van der Waals surface area contributed by atoms with E-state index in [4.69, 9.17) is 17.2 Å². The van der Waals surface area contributed by atoms with Crippen molar-refractivity contribution in [3.05, 3.63) is 29.8 Å². The van der Waals surface area contributed by atoms with Gasteiger partial charge in [0.05, 0.1) is 12.6 Å². The molecule has 0 aliphatic carbocycles. The molecule has 1 rings (SSSR count). The summed E-state index contributed by atoms with van der Waals surface area (Å²) in [6.45, 7) is -0.697. The van der Waals surface area contributed by atoms with E-state index in [2.05, 4.69) is 33.9 Å². The maximum Gasteiger partial charge on any atom is 0.326 e. The summed E-state index contributed by atoms with van der Waals surface area (Å²) in [5.74, 6) is -4.81. The molecule has 0 spiro atoms. The second kappa shape index (κ2) is 17.2. The number of nitrogens with one attached hydrogen (secondary N) is 4. The number of aliphatic carboxylic acids is 1. The van der Waals surface area contributed by atoms with Crippen LogP contribution in [0.5, 0.6) is 5.75 Å². The highest BCUT2D eigenvalue weighted by Crippen LogP contribution is 2.11. The summed E-state index contributed by atoms with van der Waals surface area (Å²) in [4.78, 5) is 62.1. The number of thiol groups is 1. The van der Waals surface area contributed by atoms with Crippen LogP contribution in [0.25, 0.3) is 0 Å². The van der Waals surface area contributed by atoms with Gasteiger partial charge in [-0.3, -0.25) is 19.2 Å². The molecule has 5 atom stereocenters. The summed E-state index contributed by atoms with van der Waals surface area (Å²) in [5, 5.41) is 37.9. The van der Waals surface area contributed by atoms with Crippen LogP contribution < -0.4 is 38.5 Å². The molecule has 0 fully saturated rings. The van der Waals surface area contributed by atoms with E-state index in [0.29, 0.717) is 5.56 Å². The van der Waals surface area contributed by atoms with Gasteiger partial charge in [0.15, 0.2) is 0 Å². The van der Waals surface area contributed by atoms with Crippen LogP contribution in [-0.2, 0) is 30.4 Å². The molecule has 218 valence electrons. The minimum absolute atomic E-state index is 0.00510. The van der Waals surface area contributed by atoms with Crippen LogP contribution >= 0.6 is 12.6 Å². The Morgan fingerprint density at radius 1 is 0.769 bits per heavy atom. The normalized spacial score (nSPS) is 14.7. The Hall–Kier alpha value is -3.44. The zero-order chi connectivity index (χ0) is 29.5. The number of benzene rings is 1. The number of amides is 4. The number of hydrogen-bond donors (Lipinski definition) is 11. The summed E-state index contributed by atoms with van der Waals surface area (Å²) < 4.78 is 0. The van der Waals surface area contributed by atoms with Gasteiger partial charge in [0.25, 0.3) is 0 Å². The van der Waals surface area contributed by atoms with Crippen molar-refractivity contribution in [1.29, 1.82) is 0 Å². The SMILES string of the molecule is NCC[C@H](NC(=O)[C@H](CO)NC(=O)[C@@H](N)CCN)C(=O)N[C@@H](CS)C(=O)N[C@@H](Cc1ccc(O)cc1)C(=O)O. The zero-order valence-corrected chi connectivity index (χ0v) is 22.1. The zero-order valence-electron chi connectivity index (χ0n) is 21.2. The molecule has 0 aliphatic heterocycles. The van der Waals surface area contributed by atoms with Crippen molar-refractivity contribution in [2.45, 2.75) is 49.5 Å². The van der Waals surface area contributed by atoms with Crippen molar-refractivity contribution in [2.24, 2.45) is 17.2 Å². The van der Waals surface area contributed by atoms with Crippen molar-refractivity contribution in [1.82, 2.24) is 21.3 Å². The van der Waals surface area contributed by atoms with E-state index < -0.39 is 66.4 Å². The molecule has 0 bridgehead atoms. The van der Waals surface area contributed by atoms with Crippen molar-refractivity contribution in [2.75, 3.05) is 25.4 Å². The summed E-state index contributed by atoms with van der Waals surface area (Å²) in [7, 11) is 0. The Morgan fingerprint density at radius 2 is 1.26 bits per heavy atom. The van der Waals surface area contributed by atoms with E-state index in [1.54, 1.807) is 0 Å². The van der Waals surface area contributed by atoms with Crippen molar-refractivity contribution in [3.8, 4) is 5.75 Å². The maximum atomic E-state index is 12.9. The predicted octanol–water partition coefficient (Wildman–Crippen LogP) is -4.09. The van der Waals surface area contributed by atoms with Gasteiger partial charge in [-0.05, 0) is 43.6 Å². The van der Waals surface area contributed by atoms with E-state index in [1.165, 1.54) is 24.3 Å². The van der Waals surface area contributed by atoms with Gasteiger partial charge in [0, 0.05) is 12.2 Å². The molecule has 0 radical (unpaired) electrons. The Labute approximate surface area is 230 Å². The number of aliphatic hydroxyl groups excluding tert-OH is 1. The molecule has 0 aliphatic rings. The van der Waals surface area contributed by atoms with Crippen LogP contribution in [-0.4, -0.2) is 101 Å². The van der Waals surface area contributed by atoms with Gasteiger partial charge >= 0.3 is 5.97 Å². The molecule has 0 unspecified atom stereocenters. The standard InChI is InChI=1S/C23H37N7O8S/c24-7-5-14(26)19(33)29-17(10-31)21(35)27-15(6-8-25)20(34)30-18(11-39)22(36)28-16(23(37)38)9-12-1-3-13(32)4-2-12/h1-4,14-18,31-32,39H,5-11,24-26H2,(H,27,35)(H,28,36)(H,29,33)(H,30,34)(H,37,38)/t14-,15-,16-,17-,18-/m0/s1. The Bertz CT molecular complexity index is 982. The summed E-state index contributed by atoms with van der Waals surface area (Å²) in [6, 6.07) is -0.545. The van der Waals surface area contributed by atoms with Gasteiger partial charge in [-0.15, -0.1) is 0 Å². The Kier molecular flexibility index (Phi) is 14.8. The van der Waals surface area contributed by atoms with Crippen LogP contribution in [0, 0.1) is 0 Å². The number of phenolic OH excluding ortho intramolecular Hbond substituents is 1. The van der Waals surface area contributed by atoms with Gasteiger partial charge in [-0.25, -0.2) is 4.79 Å². The lowest BCUT2D eigenvalue weighted by molar-refractivity contribution is -0.142. The number of carbonyl (C=O) groups is 5. The van der Waals surface area contributed by atoms with Crippen LogP contribution in [0.3, 0.4) is 0 Å². The molecule has 0 saturated heterocycles. The van der Waals surface area contributed by atoms with E-state index in [9.17, 15) is 39.3 Å². The first-order valence-corrected chi connectivity index (χ1v) is 12.7. The summed E-state index contributed by atoms with van der Waals surface area (Å²) >= 11 is 4.06. The smallest absolute Gasteiger partial charge is 0.326 e. The third kappa shape index (κ3) is 11.5. The number of nitrogens with two attached hydrogens (primary N) is 3. The van der Waals surface area contributed by atoms with Crippen LogP contribution in [0.15, 0.2) is 24.3 Å². The second-order valence-corrected chi connectivity index (χ2v) is 8.94. The van der Waals surface area contributed by atoms with Gasteiger partial charge in [0.1, 0.15) is 29.9 Å². The molecular formula is C23H37N7O8S. The van der Waals surface area contributed by atoms with Gasteiger partial charge in [0.2, 0.25) is 23.6 Å². The molecule has 0 saturated carbocycles. The van der Waals surface area contributed by atoms with E-state index in [0.717, 1.165) is 0 Å². The number of carbonyl (C=O) groups excluding carboxylic acids is 4. The van der Waals surface area contributed by atoms with Crippen molar-refractivity contribution in [3.63, 3.8) is 0 Å². The molecular weight excluding hydrogens is 534 g/mol. The molecule has 13 N–H and O–H groups in total. The molecule has 4 amide bonds. The summed E-state index contributed by atoms with van der Waals surface area (Å²) in [6.07, 6.45) is -0.00577. The lowest BCUT2D eigenvalue weighted by Crippen LogP contribution is -2.59. The first-order chi connectivity index (χ1) is 18.5. The number of phenols is 1. The first kappa shape index (κ1) is 33.6. The Balaban J connectivity index is 2.86. The number of rotatable bonds is 17. The second-order valence-electron chi connectivity index (χ2n) is 8.58. The molecule has 0 heterocycles. The minimum Gasteiger partial charge on any atom is -0.508 e. The molecule has 0 aromatic heterocycles. The van der Waals surface area contributed by atoms with Gasteiger partial charge in [-0.1, -0.05) is 12.1 Å². The van der Waals surface area contributed by atoms with Crippen LogP contribution in [0.2, 0.25) is 0 Å². The minimum atomic E-state index is -1.42. The van der Waals surface area contributed by atoms with Crippen LogP contribution in [0.1, 0.15) is 18.4 Å². The number of carboxylic acid groups (broad SMARTS) is 1. The topological polar surface area (TPSA) is 272 Å². The largest absolute Gasteiger partial charge is 0.508 e. The number of carboxylic acids is 1. The number of hydrogen-bond acceptors (Lipinski definition) is 11. The molecule has 39 heavy (non-hydrogen) atoms. The van der Waals surface area contributed by atoms with E-state index in [-0.39, 0.29) is 43.9 Å². The van der Waals surface area contributed by atoms with E-state index in [1.807, 2.05) is 0 Å². The van der Waals surface area contributed by atoms with Gasteiger partial charge in [-0.2, -0.15) is 12.6 Å². The van der Waals surface area contributed by atoms with Crippen molar-refractivity contribution < 1.29 is 39.3 Å². The lowest BCUT2D eigenvalue weighted by Gasteiger charge is -2.25. The highest BCUT2D eigenvalue weighted by Gasteiger charge is 2.31. The first-order valence-electron chi connectivity index (χ1n) is 12.1. The third-order valence-corrected chi connectivity index (χ3v) is 5.89. The molecule has 15 nitrogen and oxygen atoms in total. The number of aromatic hydroxyl groups is 1. The fourth-order valence-electron chi connectivity index (χ4n) is 3.30. The fourth-order valence-corrected chi connectivity index (χ4v) is 3.55. The fraction of sp³-hybridized carbons (Fsp3) is 0.522. The molecule has 16 heteroatoms. The highest BCUT2D eigenvalue weighted by molar-refractivity contribution is 7.80. The maximum absolute atomic E-state index is 12.9. The van der Waals surface area contributed by atoms with Crippen LogP contribution in [0.4, 0.5) is 0 Å². The quantitative estimate of drug-likeness (QED) is 0.0800.